The van der Waals surface area contributed by atoms with E-state index in [1.54, 1.807) is 31.2 Å². The number of hydrogen-bond donors (Lipinski definition) is 2. The third kappa shape index (κ3) is 3.13. The molecule has 0 saturated heterocycles. The molecule has 0 amide bonds. The van der Waals surface area contributed by atoms with Crippen molar-refractivity contribution in [3.8, 4) is 0 Å². The number of para-hydroxylation sites is 1. The third-order valence-electron chi connectivity index (χ3n) is 4.73. The molecule has 0 aromatic heterocycles. The number of fused-ring (bicyclic) bond motifs is 2. The van der Waals surface area contributed by atoms with Gasteiger partial charge in [-0.2, -0.15) is 0 Å². The largest absolute Gasteiger partial charge is 0.462 e. The van der Waals surface area contributed by atoms with Crippen molar-refractivity contribution in [1.29, 1.82) is 0 Å². The van der Waals surface area contributed by atoms with Gasteiger partial charge in [-0.05, 0) is 19.9 Å². The van der Waals surface area contributed by atoms with Crippen molar-refractivity contribution < 1.29 is 33.3 Å². The van der Waals surface area contributed by atoms with Crippen molar-refractivity contribution in [2.75, 3.05) is 32.2 Å². The molecule has 154 valence electrons. The summed E-state index contributed by atoms with van der Waals surface area (Å²) in [4.78, 5) is 39.1. The van der Waals surface area contributed by atoms with Crippen LogP contribution < -0.4 is 11.1 Å². The van der Waals surface area contributed by atoms with Crippen molar-refractivity contribution >= 4 is 23.6 Å². The number of allylic oxidation sites excluding steroid dienone is 1. The fourth-order valence-corrected chi connectivity index (χ4v) is 3.62. The summed E-state index contributed by atoms with van der Waals surface area (Å²) in [5.74, 6) is -2.54. The molecule has 9 nitrogen and oxygen atoms in total. The Morgan fingerprint density at radius 1 is 1.14 bits per heavy atom. The van der Waals surface area contributed by atoms with Crippen LogP contribution in [0.15, 0.2) is 47.0 Å². The Morgan fingerprint density at radius 2 is 1.83 bits per heavy atom. The van der Waals surface area contributed by atoms with Gasteiger partial charge < -0.3 is 30.0 Å². The Labute approximate surface area is 167 Å². The molecular weight excluding hydrogens is 380 g/mol. The number of hydrogen-bond acceptors (Lipinski definition) is 9. The van der Waals surface area contributed by atoms with Gasteiger partial charge >= 0.3 is 17.9 Å². The van der Waals surface area contributed by atoms with Crippen molar-refractivity contribution in [2.45, 2.75) is 19.3 Å². The second-order valence-electron chi connectivity index (χ2n) is 6.38. The quantitative estimate of drug-likeness (QED) is 0.409. The average molecular weight is 402 g/mol. The van der Waals surface area contributed by atoms with Crippen LogP contribution in [0.4, 0.5) is 5.69 Å². The van der Waals surface area contributed by atoms with Gasteiger partial charge in [-0.15, -0.1) is 0 Å². The summed E-state index contributed by atoms with van der Waals surface area (Å²) in [7, 11) is 1.47. The van der Waals surface area contributed by atoms with Crippen LogP contribution in [0.3, 0.4) is 0 Å². The summed E-state index contributed by atoms with van der Waals surface area (Å²) in [6.45, 7) is 3.27. The molecule has 0 radical (unpaired) electrons. The zero-order valence-corrected chi connectivity index (χ0v) is 16.4. The molecule has 0 aliphatic carbocycles. The number of nitrogens with one attached hydrogen (secondary N) is 1. The van der Waals surface area contributed by atoms with E-state index in [0.29, 0.717) is 11.3 Å². The van der Waals surface area contributed by atoms with Crippen LogP contribution in [-0.2, 0) is 38.7 Å². The predicted octanol–water partition coefficient (Wildman–Crippen LogP) is 1.10. The molecule has 1 aromatic carbocycles. The number of ether oxygens (including phenoxy) is 4. The van der Waals surface area contributed by atoms with E-state index in [2.05, 4.69) is 5.32 Å². The number of cyclic esters (lactones) is 1. The van der Waals surface area contributed by atoms with Crippen molar-refractivity contribution in [3.05, 3.63) is 52.6 Å². The van der Waals surface area contributed by atoms with Gasteiger partial charge in [0.2, 0.25) is 0 Å². The first-order valence-corrected chi connectivity index (χ1v) is 9.03. The topological polar surface area (TPSA) is 126 Å². The number of esters is 3. The molecule has 29 heavy (non-hydrogen) atoms. The van der Waals surface area contributed by atoms with E-state index in [4.69, 9.17) is 24.7 Å². The Morgan fingerprint density at radius 3 is 2.52 bits per heavy atom. The Bertz CT molecular complexity index is 935. The molecule has 0 bridgehead atoms. The molecule has 3 N–H and O–H groups in total. The summed E-state index contributed by atoms with van der Waals surface area (Å²) in [5, 5.41) is 2.90. The molecule has 0 saturated carbocycles. The van der Waals surface area contributed by atoms with Gasteiger partial charge in [0.05, 0.1) is 13.2 Å². The second kappa shape index (κ2) is 7.96. The highest BCUT2D eigenvalue weighted by atomic mass is 16.6. The van der Waals surface area contributed by atoms with Gasteiger partial charge in [0.25, 0.3) is 0 Å². The number of rotatable bonds is 6. The first-order valence-electron chi connectivity index (χ1n) is 9.03. The zero-order valence-electron chi connectivity index (χ0n) is 16.4. The molecule has 0 fully saturated rings. The highest BCUT2D eigenvalue weighted by Crippen LogP contribution is 2.52. The summed E-state index contributed by atoms with van der Waals surface area (Å²) in [6.07, 6.45) is 0. The molecular formula is C20H22N2O7. The normalized spacial score (nSPS) is 20.3. The fourth-order valence-electron chi connectivity index (χ4n) is 3.62. The summed E-state index contributed by atoms with van der Waals surface area (Å²) < 4.78 is 20.6. The van der Waals surface area contributed by atoms with Crippen LogP contribution in [0.2, 0.25) is 0 Å². The van der Waals surface area contributed by atoms with E-state index in [0.717, 1.165) is 0 Å². The average Bonchev–Trinajstić information content (AvgIpc) is 2.92. The molecule has 3 rings (SSSR count). The van der Waals surface area contributed by atoms with Crippen LogP contribution in [0, 0.1) is 0 Å². The number of benzene rings is 1. The lowest BCUT2D eigenvalue weighted by Gasteiger charge is -2.35. The lowest BCUT2D eigenvalue weighted by molar-refractivity contribution is -0.147. The summed E-state index contributed by atoms with van der Waals surface area (Å²) in [6, 6.07) is 6.72. The van der Waals surface area contributed by atoms with Gasteiger partial charge in [0.15, 0.2) is 5.41 Å². The fraction of sp³-hybridized carbons (Fsp3) is 0.350. The first-order chi connectivity index (χ1) is 13.9. The molecule has 1 aromatic rings. The van der Waals surface area contributed by atoms with Gasteiger partial charge in [-0.25, -0.2) is 14.4 Å². The van der Waals surface area contributed by atoms with Gasteiger partial charge in [-0.1, -0.05) is 18.2 Å². The van der Waals surface area contributed by atoms with Crippen molar-refractivity contribution in [2.24, 2.45) is 5.73 Å². The molecule has 9 heteroatoms. The Hall–Kier alpha value is -3.33. The van der Waals surface area contributed by atoms with E-state index in [1.165, 1.54) is 14.0 Å². The van der Waals surface area contributed by atoms with E-state index in [9.17, 15) is 14.4 Å². The first kappa shape index (κ1) is 20.4. The van der Waals surface area contributed by atoms with Crippen LogP contribution in [0.25, 0.3) is 0 Å². The highest BCUT2D eigenvalue weighted by Gasteiger charge is 2.62. The van der Waals surface area contributed by atoms with Crippen molar-refractivity contribution in [1.82, 2.24) is 0 Å². The maximum Gasteiger partial charge on any atom is 0.339 e. The minimum atomic E-state index is -1.90. The molecule has 2 aliphatic rings. The zero-order chi connectivity index (χ0) is 21.2. The molecule has 1 atom stereocenters. The van der Waals surface area contributed by atoms with E-state index >= 15 is 0 Å². The van der Waals surface area contributed by atoms with Gasteiger partial charge in [0, 0.05) is 18.4 Å². The summed E-state index contributed by atoms with van der Waals surface area (Å²) in [5.41, 5.74) is 4.73. The molecule has 1 spiro atoms. The number of methoxy groups -OCH3 is 1. The number of carbonyl (C=O) groups is 3. The highest BCUT2D eigenvalue weighted by molar-refractivity contribution is 6.15. The predicted molar refractivity (Wildman–Crippen MR) is 101 cm³/mol. The minimum Gasteiger partial charge on any atom is -0.462 e. The van der Waals surface area contributed by atoms with Gasteiger partial charge in [-0.3, -0.25) is 0 Å². The molecule has 1 unspecified atom stereocenters. The van der Waals surface area contributed by atoms with Crippen LogP contribution in [0.5, 0.6) is 0 Å². The maximum absolute atomic E-state index is 13.2. The standard InChI is InChI=1S/C20H22N2O7/c1-4-27-18(24)15-16(21)22-13-8-6-5-7-12(13)20(15)14(11(2)29-19(20)25)17(23)28-10-9-26-3/h5-8,22H,4,9-10,21H2,1-3H3. The Balaban J connectivity index is 2.26. The van der Waals surface area contributed by atoms with Crippen LogP contribution >= 0.6 is 0 Å². The molecule has 2 aliphatic heterocycles. The Kier molecular flexibility index (Phi) is 5.60. The monoisotopic (exact) mass is 402 g/mol. The van der Waals surface area contributed by atoms with Gasteiger partial charge in [0.1, 0.15) is 29.3 Å². The maximum atomic E-state index is 13.2. The van der Waals surface area contributed by atoms with E-state index in [1.807, 2.05) is 0 Å². The van der Waals surface area contributed by atoms with E-state index < -0.39 is 23.3 Å². The molecule has 2 heterocycles. The lowest BCUT2D eigenvalue weighted by atomic mass is 9.67. The van der Waals surface area contributed by atoms with Crippen LogP contribution in [0.1, 0.15) is 19.4 Å². The number of anilines is 1. The smallest absolute Gasteiger partial charge is 0.339 e. The second-order valence-corrected chi connectivity index (χ2v) is 6.38. The lowest BCUT2D eigenvalue weighted by Crippen LogP contribution is -2.47. The van der Waals surface area contributed by atoms with Crippen LogP contribution in [-0.4, -0.2) is 44.8 Å². The van der Waals surface area contributed by atoms with Crippen molar-refractivity contribution in [3.63, 3.8) is 0 Å². The number of nitrogens with two attached hydrogens (primary N) is 1. The minimum absolute atomic E-state index is 0.0312. The number of carbonyl (C=O) groups excluding carboxylic acids is 3. The summed E-state index contributed by atoms with van der Waals surface area (Å²) >= 11 is 0. The third-order valence-corrected chi connectivity index (χ3v) is 4.73. The van der Waals surface area contributed by atoms with E-state index in [-0.39, 0.29) is 42.5 Å². The SMILES string of the molecule is CCOC(=O)C1=C(N)Nc2ccccc2C12C(=O)OC(C)=C2C(=O)OCCOC.